The van der Waals surface area contributed by atoms with Gasteiger partial charge in [-0.25, -0.2) is 29.5 Å². The third-order valence-electron chi connectivity index (χ3n) is 7.48. The number of esters is 2. The van der Waals surface area contributed by atoms with Crippen molar-refractivity contribution in [3.8, 4) is 5.75 Å². The molecule has 14 nitrogen and oxygen atoms in total. The Hall–Kier alpha value is -5.47. The number of carbonyl (C=O) groups excluding carboxylic acids is 3. The summed E-state index contributed by atoms with van der Waals surface area (Å²) in [6.45, 7) is 3.98. The van der Waals surface area contributed by atoms with Crippen molar-refractivity contribution in [2.45, 2.75) is 44.8 Å². The van der Waals surface area contributed by atoms with Gasteiger partial charge in [0.05, 0.1) is 44.7 Å². The summed E-state index contributed by atoms with van der Waals surface area (Å²) < 4.78 is 30.5. The van der Waals surface area contributed by atoms with Gasteiger partial charge in [-0.3, -0.25) is 9.36 Å². The quantitative estimate of drug-likeness (QED) is 0.0637. The monoisotopic (exact) mass is 670 g/mol. The highest BCUT2D eigenvalue weighted by Gasteiger charge is 2.39. The van der Waals surface area contributed by atoms with Crippen LogP contribution in [0.2, 0.25) is 0 Å². The fourth-order valence-electron chi connectivity index (χ4n) is 5.30. The summed E-state index contributed by atoms with van der Waals surface area (Å²) >= 11 is 0. The Labute approximate surface area is 283 Å². The van der Waals surface area contributed by atoms with Crippen LogP contribution in [0.4, 0.5) is 5.82 Å². The molecule has 0 saturated carbocycles. The molecule has 1 fully saturated rings. The molecule has 1 unspecified atom stereocenters. The largest absolute Gasteiger partial charge is 0.490 e. The van der Waals surface area contributed by atoms with Crippen LogP contribution in [0.3, 0.4) is 0 Å². The fraction of sp³-hybridized carbons (Fsp3) is 0.343. The van der Waals surface area contributed by atoms with E-state index >= 15 is 0 Å². The summed E-state index contributed by atoms with van der Waals surface area (Å²) in [5.41, 5.74) is 2.21. The Balaban J connectivity index is 1.36. The first-order valence-electron chi connectivity index (χ1n) is 15.5. The number of benzene rings is 2. The standard InChI is InChI=1S/C35H38N6O8/c1-21(2)48-29-16-23(49-33(29)41-20-38-30-31(39-19-40(3)4)36-18-37-32(30)41)17-47-28-15-22(11-13-26(28)35(44)46-6)12-14-27(42)24-9-7-8-10-25(24)34(43)45-5/h7-15,18-21,23,29,33H,16-17H2,1-6H3/b14-12+,39-19+/t23-,29?,33+/m0/s1. The van der Waals surface area contributed by atoms with E-state index in [4.69, 9.17) is 23.7 Å². The van der Waals surface area contributed by atoms with Gasteiger partial charge in [-0.05, 0) is 43.7 Å². The van der Waals surface area contributed by atoms with Crippen molar-refractivity contribution in [2.24, 2.45) is 4.99 Å². The molecule has 1 saturated heterocycles. The molecule has 14 heteroatoms. The number of aromatic nitrogens is 4. The number of imidazole rings is 1. The van der Waals surface area contributed by atoms with Crippen LogP contribution in [0, 0.1) is 0 Å². The first-order chi connectivity index (χ1) is 23.6. The maximum Gasteiger partial charge on any atom is 0.341 e. The molecule has 0 N–H and O–H groups in total. The highest BCUT2D eigenvalue weighted by Crippen LogP contribution is 2.35. The molecule has 0 aliphatic carbocycles. The lowest BCUT2D eigenvalue weighted by Crippen LogP contribution is -2.25. The predicted octanol–water partition coefficient (Wildman–Crippen LogP) is 4.68. The van der Waals surface area contributed by atoms with Gasteiger partial charge >= 0.3 is 11.9 Å². The van der Waals surface area contributed by atoms with Crippen molar-refractivity contribution in [1.82, 2.24) is 24.4 Å². The second-order valence-electron chi connectivity index (χ2n) is 11.6. The zero-order valence-corrected chi connectivity index (χ0v) is 28.1. The molecule has 4 aromatic rings. The Bertz CT molecular complexity index is 1880. The molecule has 3 atom stereocenters. The summed E-state index contributed by atoms with van der Waals surface area (Å²) in [5, 5.41) is 0. The summed E-state index contributed by atoms with van der Waals surface area (Å²) in [6.07, 6.45) is 6.65. The number of carbonyl (C=O) groups is 3. The zero-order valence-electron chi connectivity index (χ0n) is 28.1. The highest BCUT2D eigenvalue weighted by atomic mass is 16.6. The maximum atomic E-state index is 13.0. The molecule has 1 aliphatic rings. The number of hydrogen-bond donors (Lipinski definition) is 0. The first-order valence-corrected chi connectivity index (χ1v) is 15.5. The van der Waals surface area contributed by atoms with Crippen molar-refractivity contribution in [1.29, 1.82) is 0 Å². The van der Waals surface area contributed by atoms with Crippen molar-refractivity contribution < 1.29 is 38.1 Å². The number of ether oxygens (including phenoxy) is 5. The molecule has 0 spiro atoms. The SMILES string of the molecule is COC(=O)c1ccc(/C=C/C(=O)c2ccccc2C(=O)OC)cc1OC[C@@H]1CC(OC(C)C)[C@H](n2cnc3c(/N=C/N(C)C)ncnc32)O1. The van der Waals surface area contributed by atoms with E-state index in [0.717, 1.165) is 0 Å². The van der Waals surface area contributed by atoms with E-state index in [0.29, 0.717) is 29.0 Å². The molecule has 0 amide bonds. The lowest BCUT2D eigenvalue weighted by Gasteiger charge is -2.22. The van der Waals surface area contributed by atoms with E-state index in [2.05, 4.69) is 19.9 Å². The van der Waals surface area contributed by atoms with Crippen LogP contribution in [0.25, 0.3) is 17.2 Å². The van der Waals surface area contributed by atoms with Crippen molar-refractivity contribution >= 4 is 47.1 Å². The molecule has 2 aromatic heterocycles. The zero-order chi connectivity index (χ0) is 35.1. The Kier molecular flexibility index (Phi) is 11.1. The number of ketones is 1. The normalized spacial score (nSPS) is 17.7. The van der Waals surface area contributed by atoms with E-state index in [1.165, 1.54) is 32.7 Å². The molecule has 3 heterocycles. The van der Waals surface area contributed by atoms with Crippen molar-refractivity contribution in [3.05, 3.63) is 83.4 Å². The number of hydrogen-bond acceptors (Lipinski definition) is 12. The number of allylic oxidation sites excluding steroid dienone is 1. The van der Waals surface area contributed by atoms with E-state index in [-0.39, 0.29) is 41.3 Å². The average molecular weight is 671 g/mol. The predicted molar refractivity (Wildman–Crippen MR) is 180 cm³/mol. The van der Waals surface area contributed by atoms with Gasteiger partial charge in [0.15, 0.2) is 29.0 Å². The van der Waals surface area contributed by atoms with E-state index in [1.807, 2.05) is 27.9 Å². The molecule has 49 heavy (non-hydrogen) atoms. The highest BCUT2D eigenvalue weighted by molar-refractivity contribution is 6.12. The van der Waals surface area contributed by atoms with Crippen LogP contribution in [-0.2, 0) is 18.9 Å². The molecule has 1 aliphatic heterocycles. The Morgan fingerprint density at radius 3 is 2.47 bits per heavy atom. The third-order valence-corrected chi connectivity index (χ3v) is 7.48. The van der Waals surface area contributed by atoms with Crippen molar-refractivity contribution in [2.75, 3.05) is 34.9 Å². The minimum Gasteiger partial charge on any atom is -0.490 e. The second kappa shape index (κ2) is 15.6. The third kappa shape index (κ3) is 8.16. The van der Waals surface area contributed by atoms with Crippen LogP contribution in [0.1, 0.15) is 63.1 Å². The van der Waals surface area contributed by atoms with Gasteiger partial charge < -0.3 is 28.6 Å². The van der Waals surface area contributed by atoms with Gasteiger partial charge in [0, 0.05) is 26.1 Å². The number of fused-ring (bicyclic) bond motifs is 1. The fourth-order valence-corrected chi connectivity index (χ4v) is 5.30. The van der Waals surface area contributed by atoms with Crippen LogP contribution in [0.5, 0.6) is 5.75 Å². The molecule has 0 bridgehead atoms. The lowest BCUT2D eigenvalue weighted by molar-refractivity contribution is -0.0821. The maximum absolute atomic E-state index is 13.0. The van der Waals surface area contributed by atoms with Gasteiger partial charge in [0.2, 0.25) is 0 Å². The van der Waals surface area contributed by atoms with Gasteiger partial charge in [-0.2, -0.15) is 0 Å². The van der Waals surface area contributed by atoms with Crippen LogP contribution < -0.4 is 4.74 Å². The van der Waals surface area contributed by atoms with Gasteiger partial charge in [-0.1, -0.05) is 30.3 Å². The average Bonchev–Trinajstić information content (AvgIpc) is 3.71. The lowest BCUT2D eigenvalue weighted by atomic mass is 10.0. The van der Waals surface area contributed by atoms with Gasteiger partial charge in [-0.15, -0.1) is 0 Å². The van der Waals surface area contributed by atoms with Crippen LogP contribution >= 0.6 is 0 Å². The number of aliphatic imine (C=N–C) groups is 1. The smallest absolute Gasteiger partial charge is 0.341 e. The minimum atomic E-state index is -0.610. The minimum absolute atomic E-state index is 0.0804. The molecule has 2 aromatic carbocycles. The summed E-state index contributed by atoms with van der Waals surface area (Å²) in [4.78, 5) is 57.2. The molecule has 5 rings (SSSR count). The molecule has 0 radical (unpaired) electrons. The Morgan fingerprint density at radius 1 is 1.02 bits per heavy atom. The van der Waals surface area contributed by atoms with Crippen LogP contribution in [-0.4, -0.2) is 102 Å². The molecular formula is C35H38N6O8. The van der Waals surface area contributed by atoms with E-state index < -0.39 is 30.1 Å². The summed E-state index contributed by atoms with van der Waals surface area (Å²) in [7, 11) is 6.26. The van der Waals surface area contributed by atoms with Gasteiger partial charge in [0.25, 0.3) is 0 Å². The summed E-state index contributed by atoms with van der Waals surface area (Å²) in [5.74, 6) is -0.918. The number of nitrogens with zero attached hydrogens (tertiary/aromatic N) is 6. The Morgan fingerprint density at radius 2 is 1.76 bits per heavy atom. The topological polar surface area (TPSA) is 157 Å². The van der Waals surface area contributed by atoms with E-state index in [9.17, 15) is 14.4 Å². The molecule has 256 valence electrons. The van der Waals surface area contributed by atoms with Gasteiger partial charge in [0.1, 0.15) is 30.4 Å². The number of rotatable bonds is 13. The first kappa shape index (κ1) is 34.9. The van der Waals surface area contributed by atoms with E-state index in [1.54, 1.807) is 64.6 Å². The van der Waals surface area contributed by atoms with Crippen molar-refractivity contribution in [3.63, 3.8) is 0 Å². The van der Waals surface area contributed by atoms with Crippen LogP contribution in [0.15, 0.2) is 66.2 Å². The number of methoxy groups -OCH3 is 2. The second-order valence-corrected chi connectivity index (χ2v) is 11.6. The summed E-state index contributed by atoms with van der Waals surface area (Å²) in [6, 6.07) is 11.2. The molecular weight excluding hydrogens is 632 g/mol.